The fourth-order valence-corrected chi connectivity index (χ4v) is 10.9. The summed E-state index contributed by atoms with van der Waals surface area (Å²) in [5, 5.41) is 2.84. The molecule has 0 radical (unpaired) electrons. The van der Waals surface area contributed by atoms with Crippen LogP contribution in [0, 0.1) is 19.8 Å². The summed E-state index contributed by atoms with van der Waals surface area (Å²) in [6.45, 7) is 13.1. The average molecular weight is 637 g/mol. The van der Waals surface area contributed by atoms with Crippen molar-refractivity contribution in [3.63, 3.8) is 0 Å². The predicted octanol–water partition coefficient (Wildman–Crippen LogP) is 13.8. The van der Waals surface area contributed by atoms with Crippen LogP contribution in [-0.2, 0) is 17.8 Å². The highest BCUT2D eigenvalue weighted by atomic mass is 32.1. The molecular weight excluding hydrogens is 589 g/mol. The Balaban J connectivity index is 1.34. The molecule has 5 heteroatoms. The Morgan fingerprint density at radius 2 is 1.50 bits per heavy atom. The van der Waals surface area contributed by atoms with Crippen molar-refractivity contribution in [1.82, 2.24) is 0 Å². The van der Waals surface area contributed by atoms with E-state index in [1.54, 1.807) is 0 Å². The lowest BCUT2D eigenvalue weighted by Gasteiger charge is -2.12. The third kappa shape index (κ3) is 7.58. The summed E-state index contributed by atoms with van der Waals surface area (Å²) >= 11 is 7.89. The smallest absolute Gasteiger partial charge is 0.0809 e. The Morgan fingerprint density at radius 3 is 2.31 bits per heavy atom. The molecule has 1 nitrogen and oxygen atoms in total. The molecular formula is C37H48OS4. The third-order valence-electron chi connectivity index (χ3n) is 8.57. The monoisotopic (exact) mass is 636 g/mol. The van der Waals surface area contributed by atoms with Crippen LogP contribution in [0.4, 0.5) is 0 Å². The Hall–Kier alpha value is -1.50. The zero-order chi connectivity index (χ0) is 29.5. The van der Waals surface area contributed by atoms with Crippen LogP contribution in [0.3, 0.4) is 0 Å². The number of thiophene rings is 4. The van der Waals surface area contributed by atoms with Crippen molar-refractivity contribution in [3.8, 4) is 20.2 Å². The van der Waals surface area contributed by atoms with Gasteiger partial charge in [-0.25, -0.2) is 0 Å². The molecule has 42 heavy (non-hydrogen) atoms. The van der Waals surface area contributed by atoms with E-state index in [9.17, 15) is 0 Å². The predicted molar refractivity (Wildman–Crippen MR) is 193 cm³/mol. The second kappa shape index (κ2) is 15.5. The summed E-state index contributed by atoms with van der Waals surface area (Å²) in [5.74, 6) is 0.809. The Morgan fingerprint density at radius 1 is 0.690 bits per heavy atom. The van der Waals surface area contributed by atoms with Crippen molar-refractivity contribution >= 4 is 65.5 Å². The summed E-state index contributed by atoms with van der Waals surface area (Å²) in [5.41, 5.74) is 2.78. The summed E-state index contributed by atoms with van der Waals surface area (Å²) in [7, 11) is 0. The van der Waals surface area contributed by atoms with Gasteiger partial charge in [0.25, 0.3) is 0 Å². The molecule has 0 fully saturated rings. The van der Waals surface area contributed by atoms with Crippen molar-refractivity contribution in [2.75, 3.05) is 6.61 Å². The van der Waals surface area contributed by atoms with E-state index in [1.165, 1.54) is 131 Å². The van der Waals surface area contributed by atoms with Gasteiger partial charge in [-0.15, -0.1) is 45.3 Å². The first-order valence-corrected chi connectivity index (χ1v) is 19.5. The quantitative estimate of drug-likeness (QED) is 0.0923. The molecule has 0 aliphatic carbocycles. The molecule has 0 amide bonds. The molecule has 0 aliphatic rings. The summed E-state index contributed by atoms with van der Waals surface area (Å²) in [6.07, 6.45) is 14.4. The van der Waals surface area contributed by atoms with E-state index in [1.807, 2.05) is 45.3 Å². The van der Waals surface area contributed by atoms with E-state index in [2.05, 4.69) is 71.0 Å². The van der Waals surface area contributed by atoms with Crippen LogP contribution < -0.4 is 0 Å². The van der Waals surface area contributed by atoms with Crippen LogP contribution in [0.2, 0.25) is 0 Å². The number of benzene rings is 1. The molecule has 1 aromatic carbocycles. The van der Waals surface area contributed by atoms with Crippen LogP contribution in [0.5, 0.6) is 0 Å². The third-order valence-corrected chi connectivity index (χ3v) is 13.5. The second-order valence-corrected chi connectivity index (χ2v) is 16.5. The maximum absolute atomic E-state index is 6.11. The van der Waals surface area contributed by atoms with Gasteiger partial charge in [0.1, 0.15) is 0 Å². The molecule has 0 bridgehead atoms. The van der Waals surface area contributed by atoms with Crippen LogP contribution in [0.1, 0.15) is 105 Å². The first-order chi connectivity index (χ1) is 20.5. The van der Waals surface area contributed by atoms with Crippen LogP contribution in [0.15, 0.2) is 36.4 Å². The molecule has 0 aliphatic heterocycles. The largest absolute Gasteiger partial charge is 0.376 e. The van der Waals surface area contributed by atoms with Gasteiger partial charge in [0.15, 0.2) is 0 Å². The highest BCUT2D eigenvalue weighted by Gasteiger charge is 2.19. The first-order valence-electron chi connectivity index (χ1n) is 16.2. The van der Waals surface area contributed by atoms with E-state index in [0.717, 1.165) is 19.1 Å². The normalized spacial score (nSPS) is 12.7. The number of rotatable bonds is 17. The molecule has 5 aromatic rings. The van der Waals surface area contributed by atoms with Gasteiger partial charge in [-0.05, 0) is 62.4 Å². The zero-order valence-corrected chi connectivity index (χ0v) is 29.5. The van der Waals surface area contributed by atoms with E-state index in [-0.39, 0.29) is 0 Å². The molecule has 0 spiro atoms. The lowest BCUT2D eigenvalue weighted by atomic mass is 9.95. The van der Waals surface area contributed by atoms with Crippen molar-refractivity contribution in [2.45, 2.75) is 112 Å². The molecule has 1 unspecified atom stereocenters. The molecule has 5 rings (SSSR count). The highest BCUT2D eigenvalue weighted by molar-refractivity contribution is 7.30. The SMILES string of the molecule is CCCCCCCCOCc1cc2c(C)sc(-c3cc4c(-c5ccc(CC(CC)CCCC)s5)ccc(C)c4s3)c2s1. The number of fused-ring (bicyclic) bond motifs is 2. The van der Waals surface area contributed by atoms with Crippen molar-refractivity contribution < 1.29 is 4.74 Å². The van der Waals surface area contributed by atoms with Gasteiger partial charge in [-0.1, -0.05) is 90.7 Å². The number of hydrogen-bond acceptors (Lipinski definition) is 5. The maximum Gasteiger partial charge on any atom is 0.0809 e. The molecule has 0 N–H and O–H groups in total. The molecule has 4 aromatic heterocycles. The van der Waals surface area contributed by atoms with Crippen molar-refractivity contribution in [3.05, 3.63) is 56.6 Å². The van der Waals surface area contributed by atoms with Crippen molar-refractivity contribution in [1.29, 1.82) is 0 Å². The van der Waals surface area contributed by atoms with Crippen molar-refractivity contribution in [2.24, 2.45) is 5.92 Å². The van der Waals surface area contributed by atoms with E-state index in [0.29, 0.717) is 0 Å². The standard InChI is InChI=1S/C37H48OS4/c1-6-9-11-12-13-14-20-38-24-29-22-31-26(5)39-37(36(31)41-29)34-23-32-30(18-16-25(4)35(32)42-34)33-19-17-28(40-33)21-27(8-3)15-10-7-2/h16-19,22-23,27H,6-15,20-21,24H2,1-5H3. The summed E-state index contributed by atoms with van der Waals surface area (Å²) < 4.78 is 8.99. The first kappa shape index (κ1) is 31.9. The topological polar surface area (TPSA) is 9.23 Å². The molecule has 1 atom stereocenters. The van der Waals surface area contributed by atoms with Crippen LogP contribution in [-0.4, -0.2) is 6.61 Å². The molecule has 4 heterocycles. The molecule has 0 saturated carbocycles. The minimum Gasteiger partial charge on any atom is -0.376 e. The van der Waals surface area contributed by atoms with Gasteiger partial charge in [0, 0.05) is 52.0 Å². The number of ether oxygens (including phenoxy) is 1. The highest BCUT2D eigenvalue weighted by Crippen LogP contribution is 2.49. The molecule has 226 valence electrons. The fourth-order valence-electron chi connectivity index (χ4n) is 5.96. The van der Waals surface area contributed by atoms with Gasteiger partial charge >= 0.3 is 0 Å². The maximum atomic E-state index is 6.11. The van der Waals surface area contributed by atoms with Gasteiger partial charge in [0.2, 0.25) is 0 Å². The lowest BCUT2D eigenvalue weighted by molar-refractivity contribution is 0.119. The Kier molecular flexibility index (Phi) is 11.8. The van der Waals surface area contributed by atoms with Crippen LogP contribution in [0.25, 0.3) is 40.4 Å². The van der Waals surface area contributed by atoms with Gasteiger partial charge < -0.3 is 4.74 Å². The van der Waals surface area contributed by atoms with Gasteiger partial charge in [-0.2, -0.15) is 0 Å². The summed E-state index contributed by atoms with van der Waals surface area (Å²) in [4.78, 5) is 8.58. The number of unbranched alkanes of at least 4 members (excludes halogenated alkanes) is 6. The van der Waals surface area contributed by atoms with Gasteiger partial charge in [-0.3, -0.25) is 0 Å². The number of hydrogen-bond donors (Lipinski definition) is 0. The van der Waals surface area contributed by atoms with E-state index in [4.69, 9.17) is 4.74 Å². The molecule has 0 saturated heterocycles. The lowest BCUT2D eigenvalue weighted by Crippen LogP contribution is -2.01. The van der Waals surface area contributed by atoms with Gasteiger partial charge in [0.05, 0.1) is 16.2 Å². The average Bonchev–Trinajstić information content (AvgIpc) is 3.78. The zero-order valence-electron chi connectivity index (χ0n) is 26.3. The fraction of sp³-hybridized carbons (Fsp3) is 0.514. The summed E-state index contributed by atoms with van der Waals surface area (Å²) in [6, 6.07) is 14.3. The van der Waals surface area contributed by atoms with E-state index >= 15 is 0 Å². The van der Waals surface area contributed by atoms with Crippen LogP contribution >= 0.6 is 45.3 Å². The Labute approximate surface area is 270 Å². The number of aryl methyl sites for hydroxylation is 2. The second-order valence-electron chi connectivity index (χ2n) is 11.9. The van der Waals surface area contributed by atoms with E-state index < -0.39 is 0 Å². The minimum atomic E-state index is 0.742. The minimum absolute atomic E-state index is 0.742. The Bertz CT molecular complexity index is 1560.